The third-order valence-corrected chi connectivity index (χ3v) is 5.00. The number of hydrogen-bond donors (Lipinski definition) is 1. The molecule has 0 saturated heterocycles. The van der Waals surface area contributed by atoms with Gasteiger partial charge in [-0.15, -0.1) is 0 Å². The molecule has 0 aliphatic carbocycles. The molecule has 138 valence electrons. The van der Waals surface area contributed by atoms with Crippen LogP contribution in [0.5, 0.6) is 0 Å². The summed E-state index contributed by atoms with van der Waals surface area (Å²) in [5, 5.41) is 3.81. The van der Waals surface area contributed by atoms with Crippen LogP contribution in [0, 0.1) is 6.92 Å². The number of benzene rings is 2. The summed E-state index contributed by atoms with van der Waals surface area (Å²) in [5.74, 6) is -0.136. The average Bonchev–Trinajstić information content (AvgIpc) is 2.72. The molecule has 0 saturated carbocycles. The van der Waals surface area contributed by atoms with Gasteiger partial charge in [0.1, 0.15) is 0 Å². The van der Waals surface area contributed by atoms with Gasteiger partial charge in [-0.3, -0.25) is 9.78 Å². The van der Waals surface area contributed by atoms with Crippen LogP contribution in [0.25, 0.3) is 22.2 Å². The molecule has 1 amide bonds. The normalized spacial score (nSPS) is 10.8. The Labute approximate surface area is 171 Å². The standard InChI is InChI=1S/C23H18BrN3O/c1-15-4-2-6-17(10-15)22-12-20(19-11-18(24)7-8-21(19)27-22)23(28)26-14-16-5-3-9-25-13-16/h2-13H,14H2,1H3,(H,26,28). The van der Waals surface area contributed by atoms with Gasteiger partial charge in [0.05, 0.1) is 16.8 Å². The molecule has 4 aromatic rings. The van der Waals surface area contributed by atoms with Crippen LogP contribution < -0.4 is 5.32 Å². The minimum atomic E-state index is -0.136. The van der Waals surface area contributed by atoms with E-state index in [1.807, 2.05) is 61.5 Å². The highest BCUT2D eigenvalue weighted by Crippen LogP contribution is 2.27. The van der Waals surface area contributed by atoms with E-state index in [1.165, 1.54) is 0 Å². The van der Waals surface area contributed by atoms with E-state index in [4.69, 9.17) is 4.98 Å². The molecule has 0 radical (unpaired) electrons. The van der Waals surface area contributed by atoms with Crippen molar-refractivity contribution >= 4 is 32.7 Å². The number of carbonyl (C=O) groups is 1. The summed E-state index contributed by atoms with van der Waals surface area (Å²) < 4.78 is 0.909. The van der Waals surface area contributed by atoms with Gasteiger partial charge in [-0.05, 0) is 48.9 Å². The van der Waals surface area contributed by atoms with E-state index in [1.54, 1.807) is 12.4 Å². The topological polar surface area (TPSA) is 54.9 Å². The minimum absolute atomic E-state index is 0.136. The van der Waals surface area contributed by atoms with Crippen LogP contribution in [0.3, 0.4) is 0 Å². The fourth-order valence-corrected chi connectivity index (χ4v) is 3.48. The summed E-state index contributed by atoms with van der Waals surface area (Å²) in [7, 11) is 0. The molecule has 0 aliphatic rings. The van der Waals surface area contributed by atoms with E-state index >= 15 is 0 Å². The van der Waals surface area contributed by atoms with Gasteiger partial charge in [0.25, 0.3) is 5.91 Å². The van der Waals surface area contributed by atoms with Gasteiger partial charge in [0.2, 0.25) is 0 Å². The molecule has 4 nitrogen and oxygen atoms in total. The molecule has 0 spiro atoms. The molecule has 0 atom stereocenters. The van der Waals surface area contributed by atoms with Crippen molar-refractivity contribution in [2.75, 3.05) is 0 Å². The summed E-state index contributed by atoms with van der Waals surface area (Å²) in [6.07, 6.45) is 3.47. The Kier molecular flexibility index (Phi) is 5.17. The van der Waals surface area contributed by atoms with Gasteiger partial charge in [-0.2, -0.15) is 0 Å². The molecular formula is C23H18BrN3O. The zero-order chi connectivity index (χ0) is 19.5. The number of nitrogens with zero attached hydrogens (tertiary/aromatic N) is 2. The van der Waals surface area contributed by atoms with E-state index in [0.717, 1.165) is 37.8 Å². The van der Waals surface area contributed by atoms with Crippen LogP contribution in [-0.4, -0.2) is 15.9 Å². The first-order valence-electron chi connectivity index (χ1n) is 8.94. The summed E-state index contributed by atoms with van der Waals surface area (Å²) >= 11 is 3.50. The van der Waals surface area contributed by atoms with Crippen molar-refractivity contribution in [2.24, 2.45) is 0 Å². The van der Waals surface area contributed by atoms with Crippen molar-refractivity contribution in [1.29, 1.82) is 0 Å². The number of halogens is 1. The summed E-state index contributed by atoms with van der Waals surface area (Å²) in [6, 6.07) is 19.6. The van der Waals surface area contributed by atoms with Crippen LogP contribution in [0.1, 0.15) is 21.5 Å². The van der Waals surface area contributed by atoms with Crippen LogP contribution in [0.4, 0.5) is 0 Å². The number of nitrogens with one attached hydrogen (secondary N) is 1. The number of aromatic nitrogens is 2. The largest absolute Gasteiger partial charge is 0.348 e. The Hall–Kier alpha value is -3.05. The number of fused-ring (bicyclic) bond motifs is 1. The van der Waals surface area contributed by atoms with Crippen molar-refractivity contribution in [2.45, 2.75) is 13.5 Å². The zero-order valence-corrected chi connectivity index (χ0v) is 16.9. The first-order chi connectivity index (χ1) is 13.6. The molecular weight excluding hydrogens is 414 g/mol. The summed E-state index contributed by atoms with van der Waals surface area (Å²) in [4.78, 5) is 21.9. The maximum absolute atomic E-state index is 13.0. The molecule has 4 rings (SSSR count). The lowest BCUT2D eigenvalue weighted by molar-refractivity contribution is 0.0952. The smallest absolute Gasteiger partial charge is 0.252 e. The molecule has 2 aromatic carbocycles. The van der Waals surface area contributed by atoms with E-state index in [2.05, 4.69) is 32.3 Å². The van der Waals surface area contributed by atoms with Crippen molar-refractivity contribution in [3.63, 3.8) is 0 Å². The van der Waals surface area contributed by atoms with Gasteiger partial charge >= 0.3 is 0 Å². The number of rotatable bonds is 4. The molecule has 2 heterocycles. The van der Waals surface area contributed by atoms with Gasteiger partial charge in [0.15, 0.2) is 0 Å². The van der Waals surface area contributed by atoms with Gasteiger partial charge < -0.3 is 5.32 Å². The Balaban J connectivity index is 1.76. The van der Waals surface area contributed by atoms with Crippen LogP contribution in [0.15, 0.2) is 77.5 Å². The van der Waals surface area contributed by atoms with Crippen molar-refractivity contribution in [1.82, 2.24) is 15.3 Å². The second-order valence-electron chi connectivity index (χ2n) is 6.63. The summed E-state index contributed by atoms with van der Waals surface area (Å²) in [6.45, 7) is 2.47. The Bertz CT molecular complexity index is 1160. The molecule has 5 heteroatoms. The zero-order valence-electron chi connectivity index (χ0n) is 15.3. The lowest BCUT2D eigenvalue weighted by Gasteiger charge is -2.11. The van der Waals surface area contributed by atoms with Crippen molar-refractivity contribution in [3.8, 4) is 11.3 Å². The fourth-order valence-electron chi connectivity index (χ4n) is 3.12. The number of hydrogen-bond acceptors (Lipinski definition) is 3. The quantitative estimate of drug-likeness (QED) is 0.476. The van der Waals surface area contributed by atoms with E-state index in [0.29, 0.717) is 12.1 Å². The molecule has 0 unspecified atom stereocenters. The molecule has 2 aromatic heterocycles. The second kappa shape index (κ2) is 7.90. The molecule has 28 heavy (non-hydrogen) atoms. The van der Waals surface area contributed by atoms with Crippen molar-refractivity contribution in [3.05, 3.63) is 94.2 Å². The number of aryl methyl sites for hydroxylation is 1. The number of carbonyl (C=O) groups excluding carboxylic acids is 1. The predicted octanol–water partition coefficient (Wildman–Crippen LogP) is 5.30. The lowest BCUT2D eigenvalue weighted by Crippen LogP contribution is -2.23. The minimum Gasteiger partial charge on any atom is -0.348 e. The first kappa shape index (κ1) is 18.3. The maximum Gasteiger partial charge on any atom is 0.252 e. The highest BCUT2D eigenvalue weighted by Gasteiger charge is 2.14. The monoisotopic (exact) mass is 431 g/mol. The Morgan fingerprint density at radius 2 is 1.96 bits per heavy atom. The van der Waals surface area contributed by atoms with Gasteiger partial charge in [0, 0.05) is 34.4 Å². The third-order valence-electron chi connectivity index (χ3n) is 4.51. The van der Waals surface area contributed by atoms with Crippen LogP contribution >= 0.6 is 15.9 Å². The van der Waals surface area contributed by atoms with E-state index < -0.39 is 0 Å². The van der Waals surface area contributed by atoms with Crippen LogP contribution in [-0.2, 0) is 6.54 Å². The highest BCUT2D eigenvalue weighted by molar-refractivity contribution is 9.10. The van der Waals surface area contributed by atoms with Crippen LogP contribution in [0.2, 0.25) is 0 Å². The average molecular weight is 432 g/mol. The first-order valence-corrected chi connectivity index (χ1v) is 9.74. The maximum atomic E-state index is 13.0. The number of amides is 1. The SMILES string of the molecule is Cc1cccc(-c2cc(C(=O)NCc3cccnc3)c3cc(Br)ccc3n2)c1. The molecule has 1 N–H and O–H groups in total. The van der Waals surface area contributed by atoms with E-state index in [9.17, 15) is 4.79 Å². The lowest BCUT2D eigenvalue weighted by atomic mass is 10.0. The summed E-state index contributed by atoms with van der Waals surface area (Å²) in [5.41, 5.74) is 5.27. The second-order valence-corrected chi connectivity index (χ2v) is 7.55. The molecule has 0 aliphatic heterocycles. The van der Waals surface area contributed by atoms with Crippen molar-refractivity contribution < 1.29 is 4.79 Å². The Morgan fingerprint density at radius 3 is 2.75 bits per heavy atom. The highest BCUT2D eigenvalue weighted by atomic mass is 79.9. The molecule has 0 bridgehead atoms. The Morgan fingerprint density at radius 1 is 1.07 bits per heavy atom. The van der Waals surface area contributed by atoms with Gasteiger partial charge in [-0.25, -0.2) is 4.98 Å². The van der Waals surface area contributed by atoms with E-state index in [-0.39, 0.29) is 5.91 Å². The third kappa shape index (κ3) is 3.94. The number of pyridine rings is 2. The molecule has 0 fully saturated rings. The predicted molar refractivity (Wildman–Crippen MR) is 115 cm³/mol. The fraction of sp³-hybridized carbons (Fsp3) is 0.0870. The van der Waals surface area contributed by atoms with Gasteiger partial charge in [-0.1, -0.05) is 45.8 Å².